The maximum Gasteiger partial charge on any atom is 0.251 e. The van der Waals surface area contributed by atoms with Gasteiger partial charge < -0.3 is 14.8 Å². The van der Waals surface area contributed by atoms with Crippen LogP contribution in [0, 0.1) is 6.92 Å². The van der Waals surface area contributed by atoms with Crippen molar-refractivity contribution in [3.05, 3.63) is 83.8 Å². The van der Waals surface area contributed by atoms with Gasteiger partial charge in [0.25, 0.3) is 5.91 Å². The molecule has 1 aliphatic rings. The van der Waals surface area contributed by atoms with Gasteiger partial charge in [0.15, 0.2) is 5.82 Å². The Kier molecular flexibility index (Phi) is 6.41. The summed E-state index contributed by atoms with van der Waals surface area (Å²) in [5, 5.41) is 8.90. The van der Waals surface area contributed by atoms with Gasteiger partial charge in [0.05, 0.1) is 7.11 Å². The minimum absolute atomic E-state index is 0.188. The zero-order valence-electron chi connectivity index (χ0n) is 17.9. The minimum Gasteiger partial charge on any atom is -0.481 e. The van der Waals surface area contributed by atoms with Crippen molar-refractivity contribution in [1.29, 1.82) is 0 Å². The van der Waals surface area contributed by atoms with Crippen LogP contribution in [0.3, 0.4) is 0 Å². The first-order chi connectivity index (χ1) is 15.6. The summed E-state index contributed by atoms with van der Waals surface area (Å²) in [6.45, 7) is 2.22. The van der Waals surface area contributed by atoms with Crippen LogP contribution in [-0.4, -0.2) is 29.2 Å². The van der Waals surface area contributed by atoms with Gasteiger partial charge in [0.1, 0.15) is 11.5 Å². The maximum absolute atomic E-state index is 12.8. The van der Waals surface area contributed by atoms with E-state index < -0.39 is 0 Å². The number of aromatic nitrogens is 2. The summed E-state index contributed by atoms with van der Waals surface area (Å²) in [6, 6.07) is 12.6. The number of benzene rings is 1. The predicted octanol–water partition coefficient (Wildman–Crippen LogP) is 4.23. The van der Waals surface area contributed by atoms with Crippen molar-refractivity contribution >= 4 is 17.9 Å². The first-order valence-corrected chi connectivity index (χ1v) is 10.1. The number of carbonyl (C=O) groups excluding carboxylic acids is 1. The quantitative estimate of drug-likeness (QED) is 0.605. The SMILES string of the molecule is COc1ccc(CNC(=O)c2cccc(Oc3ccnc(N4C=CCC=N4)c3)c2C)cn1. The summed E-state index contributed by atoms with van der Waals surface area (Å²) < 4.78 is 11.1. The van der Waals surface area contributed by atoms with E-state index in [1.165, 1.54) is 0 Å². The van der Waals surface area contributed by atoms with Gasteiger partial charge in [-0.25, -0.2) is 15.0 Å². The summed E-state index contributed by atoms with van der Waals surface area (Å²) >= 11 is 0. The standard InChI is InChI=1S/C24H23N5O3/c1-17-20(24(30)27-16-18-8-9-23(31-2)26-15-18)6-5-7-21(17)32-19-10-12-25-22(14-19)29-13-4-3-11-28-29/h4-15H,3,16H2,1-2H3,(H,27,30). The van der Waals surface area contributed by atoms with Gasteiger partial charge in [-0.3, -0.25) is 4.79 Å². The minimum atomic E-state index is -0.188. The average Bonchev–Trinajstić information content (AvgIpc) is 2.85. The van der Waals surface area contributed by atoms with Gasteiger partial charge in [-0.1, -0.05) is 18.2 Å². The number of methoxy groups -OCH3 is 1. The summed E-state index contributed by atoms with van der Waals surface area (Å²) in [5.74, 6) is 2.19. The number of carbonyl (C=O) groups is 1. The fourth-order valence-corrected chi connectivity index (χ4v) is 3.13. The van der Waals surface area contributed by atoms with E-state index in [4.69, 9.17) is 9.47 Å². The Balaban J connectivity index is 1.46. The summed E-state index contributed by atoms with van der Waals surface area (Å²) in [7, 11) is 1.56. The molecule has 0 bridgehead atoms. The van der Waals surface area contributed by atoms with Crippen molar-refractivity contribution in [3.63, 3.8) is 0 Å². The van der Waals surface area contributed by atoms with E-state index in [0.29, 0.717) is 35.3 Å². The molecule has 0 atom stereocenters. The lowest BCUT2D eigenvalue weighted by Gasteiger charge is -2.17. The number of ether oxygens (including phenoxy) is 2. The molecule has 0 radical (unpaired) electrons. The fourth-order valence-electron chi connectivity index (χ4n) is 3.13. The van der Waals surface area contributed by atoms with Crippen molar-refractivity contribution in [1.82, 2.24) is 15.3 Å². The van der Waals surface area contributed by atoms with Crippen LogP contribution >= 0.6 is 0 Å². The first-order valence-electron chi connectivity index (χ1n) is 10.1. The molecule has 4 rings (SSSR count). The number of hydrogen-bond donors (Lipinski definition) is 1. The van der Waals surface area contributed by atoms with Gasteiger partial charge in [-0.15, -0.1) is 0 Å². The molecule has 162 valence electrons. The second kappa shape index (κ2) is 9.74. The van der Waals surface area contributed by atoms with E-state index in [0.717, 1.165) is 17.5 Å². The Bertz CT molecular complexity index is 1150. The molecule has 1 N–H and O–H groups in total. The number of hydrazone groups is 1. The Hall–Kier alpha value is -4.20. The van der Waals surface area contributed by atoms with Crippen LogP contribution < -0.4 is 19.8 Å². The van der Waals surface area contributed by atoms with Gasteiger partial charge in [-0.05, 0) is 30.7 Å². The van der Waals surface area contributed by atoms with E-state index in [9.17, 15) is 4.79 Å². The molecule has 0 fully saturated rings. The lowest BCUT2D eigenvalue weighted by Crippen LogP contribution is -2.23. The number of allylic oxidation sites excluding steroid dienone is 1. The number of anilines is 1. The monoisotopic (exact) mass is 429 g/mol. The molecule has 32 heavy (non-hydrogen) atoms. The van der Waals surface area contributed by atoms with Gasteiger partial charge in [0, 0.05) is 61.0 Å². The van der Waals surface area contributed by atoms with Crippen LogP contribution in [-0.2, 0) is 6.54 Å². The second-order valence-corrected chi connectivity index (χ2v) is 7.04. The number of nitrogens with zero attached hydrogens (tertiary/aromatic N) is 4. The average molecular weight is 429 g/mol. The molecule has 0 aliphatic carbocycles. The van der Waals surface area contributed by atoms with Gasteiger partial charge in [-0.2, -0.15) is 5.10 Å². The van der Waals surface area contributed by atoms with Crippen molar-refractivity contribution in [2.45, 2.75) is 19.9 Å². The van der Waals surface area contributed by atoms with Crippen LogP contribution in [0.2, 0.25) is 0 Å². The smallest absolute Gasteiger partial charge is 0.251 e. The highest BCUT2D eigenvalue weighted by Gasteiger charge is 2.14. The Morgan fingerprint density at radius 2 is 2.09 bits per heavy atom. The highest BCUT2D eigenvalue weighted by molar-refractivity contribution is 5.96. The molecule has 0 unspecified atom stereocenters. The Morgan fingerprint density at radius 3 is 2.84 bits per heavy atom. The number of hydrogen-bond acceptors (Lipinski definition) is 7. The van der Waals surface area contributed by atoms with Crippen molar-refractivity contribution in [3.8, 4) is 17.4 Å². The van der Waals surface area contributed by atoms with E-state index >= 15 is 0 Å². The summed E-state index contributed by atoms with van der Waals surface area (Å²) in [4.78, 5) is 21.3. The third kappa shape index (κ3) is 4.92. The lowest BCUT2D eigenvalue weighted by atomic mass is 10.1. The Morgan fingerprint density at radius 1 is 1.19 bits per heavy atom. The van der Waals surface area contributed by atoms with Crippen LogP contribution in [0.25, 0.3) is 0 Å². The molecule has 3 aromatic rings. The number of rotatable bonds is 7. The highest BCUT2D eigenvalue weighted by atomic mass is 16.5. The van der Waals surface area contributed by atoms with E-state index in [2.05, 4.69) is 20.4 Å². The molecule has 8 nitrogen and oxygen atoms in total. The van der Waals surface area contributed by atoms with E-state index in [-0.39, 0.29) is 5.91 Å². The topological polar surface area (TPSA) is 88.9 Å². The molecular formula is C24H23N5O3. The molecule has 1 aliphatic heterocycles. The van der Waals surface area contributed by atoms with Gasteiger partial charge in [0.2, 0.25) is 5.88 Å². The first kappa shape index (κ1) is 21.0. The Labute approximate surface area is 186 Å². The molecule has 1 aromatic carbocycles. The second-order valence-electron chi connectivity index (χ2n) is 7.04. The molecule has 8 heteroatoms. The van der Waals surface area contributed by atoms with Crippen LogP contribution in [0.4, 0.5) is 5.82 Å². The van der Waals surface area contributed by atoms with Crippen LogP contribution in [0.5, 0.6) is 17.4 Å². The van der Waals surface area contributed by atoms with Crippen molar-refractivity contribution < 1.29 is 14.3 Å². The molecular weight excluding hydrogens is 406 g/mol. The third-order valence-corrected chi connectivity index (χ3v) is 4.86. The fraction of sp³-hybridized carbons (Fsp3) is 0.167. The highest BCUT2D eigenvalue weighted by Crippen LogP contribution is 2.29. The predicted molar refractivity (Wildman–Crippen MR) is 122 cm³/mol. The van der Waals surface area contributed by atoms with E-state index in [1.807, 2.05) is 37.5 Å². The van der Waals surface area contributed by atoms with E-state index in [1.54, 1.807) is 54.8 Å². The van der Waals surface area contributed by atoms with Crippen LogP contribution in [0.15, 0.2) is 72.2 Å². The lowest BCUT2D eigenvalue weighted by molar-refractivity contribution is 0.0950. The molecule has 0 saturated heterocycles. The van der Waals surface area contributed by atoms with Gasteiger partial charge >= 0.3 is 0 Å². The summed E-state index contributed by atoms with van der Waals surface area (Å²) in [5.41, 5.74) is 2.16. The normalized spacial score (nSPS) is 12.5. The molecule has 2 aromatic heterocycles. The number of amides is 1. The van der Waals surface area contributed by atoms with Crippen molar-refractivity contribution in [2.24, 2.45) is 5.10 Å². The zero-order valence-corrected chi connectivity index (χ0v) is 17.9. The molecule has 3 heterocycles. The molecule has 0 saturated carbocycles. The molecule has 1 amide bonds. The zero-order chi connectivity index (χ0) is 22.3. The number of pyridine rings is 2. The third-order valence-electron chi connectivity index (χ3n) is 4.86. The maximum atomic E-state index is 12.8. The van der Waals surface area contributed by atoms with Crippen LogP contribution in [0.1, 0.15) is 27.9 Å². The molecule has 0 spiro atoms. The summed E-state index contributed by atoms with van der Waals surface area (Å²) in [6.07, 6.45) is 9.81. The largest absolute Gasteiger partial charge is 0.481 e. The number of nitrogens with one attached hydrogen (secondary N) is 1. The van der Waals surface area contributed by atoms with Crippen molar-refractivity contribution in [2.75, 3.05) is 12.1 Å².